The van der Waals surface area contributed by atoms with Crippen LogP contribution in [-0.4, -0.2) is 22.6 Å². The van der Waals surface area contributed by atoms with Crippen molar-refractivity contribution in [3.05, 3.63) is 102 Å². The first-order valence-electron chi connectivity index (χ1n) is 11.5. The number of hydrogen-bond donors (Lipinski definition) is 2. The van der Waals surface area contributed by atoms with Crippen molar-refractivity contribution in [2.75, 3.05) is 5.32 Å². The number of carbonyl (C=O) groups is 3. The molecule has 0 bridgehead atoms. The third-order valence-corrected chi connectivity index (χ3v) is 6.12. The van der Waals surface area contributed by atoms with E-state index in [1.165, 1.54) is 6.92 Å². The van der Waals surface area contributed by atoms with Gasteiger partial charge in [-0.05, 0) is 35.2 Å². The lowest BCUT2D eigenvalue weighted by atomic mass is 9.83. The fourth-order valence-electron chi connectivity index (χ4n) is 4.49. The Labute approximate surface area is 200 Å². The maximum absolute atomic E-state index is 13.4. The molecule has 1 aliphatic rings. The Morgan fingerprint density at radius 1 is 0.882 bits per heavy atom. The zero-order valence-corrected chi connectivity index (χ0v) is 19.2. The van der Waals surface area contributed by atoms with E-state index in [-0.39, 0.29) is 29.7 Å². The van der Waals surface area contributed by atoms with Gasteiger partial charge in [0.15, 0.2) is 0 Å². The van der Waals surface area contributed by atoms with Gasteiger partial charge in [0.1, 0.15) is 0 Å². The molecular formula is C28H29N3O3. The van der Waals surface area contributed by atoms with Crippen LogP contribution >= 0.6 is 0 Å². The van der Waals surface area contributed by atoms with Crippen molar-refractivity contribution in [3.8, 4) is 0 Å². The van der Waals surface area contributed by atoms with Crippen molar-refractivity contribution in [2.45, 2.75) is 38.9 Å². The van der Waals surface area contributed by atoms with Crippen LogP contribution in [0.25, 0.3) is 0 Å². The molecule has 3 amide bonds. The summed E-state index contributed by atoms with van der Waals surface area (Å²) < 4.78 is 0. The van der Waals surface area contributed by atoms with E-state index < -0.39 is 0 Å². The number of piperidine rings is 1. The quantitative estimate of drug-likeness (QED) is 0.553. The van der Waals surface area contributed by atoms with Crippen LogP contribution in [0.4, 0.5) is 5.69 Å². The summed E-state index contributed by atoms with van der Waals surface area (Å²) in [7, 11) is 0. The first kappa shape index (κ1) is 23.2. The molecule has 174 valence electrons. The second-order valence-corrected chi connectivity index (χ2v) is 8.60. The molecule has 4 rings (SSSR count). The number of benzene rings is 3. The monoisotopic (exact) mass is 455 g/mol. The first-order chi connectivity index (χ1) is 16.5. The largest absolute Gasteiger partial charge is 0.352 e. The van der Waals surface area contributed by atoms with Gasteiger partial charge in [0.05, 0.1) is 12.0 Å². The van der Waals surface area contributed by atoms with Crippen LogP contribution in [-0.2, 0) is 27.5 Å². The molecule has 0 radical (unpaired) electrons. The standard InChI is InChI=1S/C28H29N3O3/c1-20(32)30-24-14-12-21(13-15-24)18-29-28(34)25-16-17-26(33)31(19-22-8-4-2-5-9-22)27(25)23-10-6-3-7-11-23/h2-15,25,27H,16-19H2,1H3,(H,29,34)(H,30,32). The molecule has 1 saturated heterocycles. The summed E-state index contributed by atoms with van der Waals surface area (Å²) in [6.07, 6.45) is 0.858. The summed E-state index contributed by atoms with van der Waals surface area (Å²) in [5.41, 5.74) is 3.66. The highest BCUT2D eigenvalue weighted by molar-refractivity contribution is 5.88. The lowest BCUT2D eigenvalue weighted by molar-refractivity contribution is -0.144. The summed E-state index contributed by atoms with van der Waals surface area (Å²) in [5, 5.41) is 5.80. The SMILES string of the molecule is CC(=O)Nc1ccc(CNC(=O)C2CCC(=O)N(Cc3ccccc3)C2c2ccccc2)cc1. The highest BCUT2D eigenvalue weighted by atomic mass is 16.2. The molecule has 6 heteroatoms. The van der Waals surface area contributed by atoms with Crippen molar-refractivity contribution >= 4 is 23.4 Å². The van der Waals surface area contributed by atoms with Crippen LogP contribution < -0.4 is 10.6 Å². The third-order valence-electron chi connectivity index (χ3n) is 6.12. The summed E-state index contributed by atoms with van der Waals surface area (Å²) in [5.74, 6) is -0.469. The number of likely N-dealkylation sites (tertiary alicyclic amines) is 1. The highest BCUT2D eigenvalue weighted by Gasteiger charge is 2.40. The number of rotatable bonds is 7. The predicted octanol–water partition coefficient (Wildman–Crippen LogP) is 4.44. The third kappa shape index (κ3) is 5.70. The maximum Gasteiger partial charge on any atom is 0.225 e. The minimum atomic E-state index is -0.345. The zero-order chi connectivity index (χ0) is 23.9. The van der Waals surface area contributed by atoms with E-state index >= 15 is 0 Å². The molecule has 0 aromatic heterocycles. The van der Waals surface area contributed by atoms with Crippen molar-refractivity contribution in [3.63, 3.8) is 0 Å². The van der Waals surface area contributed by atoms with Crippen molar-refractivity contribution < 1.29 is 14.4 Å². The second-order valence-electron chi connectivity index (χ2n) is 8.60. The van der Waals surface area contributed by atoms with E-state index in [0.29, 0.717) is 31.6 Å². The number of carbonyl (C=O) groups excluding carboxylic acids is 3. The Morgan fingerprint density at radius 2 is 1.53 bits per heavy atom. The van der Waals surface area contributed by atoms with E-state index in [0.717, 1.165) is 16.7 Å². The Morgan fingerprint density at radius 3 is 2.18 bits per heavy atom. The van der Waals surface area contributed by atoms with Gasteiger partial charge in [-0.2, -0.15) is 0 Å². The molecule has 1 heterocycles. The van der Waals surface area contributed by atoms with Crippen molar-refractivity contribution in [2.24, 2.45) is 5.92 Å². The zero-order valence-electron chi connectivity index (χ0n) is 19.2. The molecule has 0 aliphatic carbocycles. The molecule has 2 unspecified atom stereocenters. The van der Waals surface area contributed by atoms with E-state index in [2.05, 4.69) is 10.6 Å². The molecule has 2 atom stereocenters. The van der Waals surface area contributed by atoms with Crippen molar-refractivity contribution in [1.82, 2.24) is 10.2 Å². The summed E-state index contributed by atoms with van der Waals surface area (Å²) in [6.45, 7) is 2.31. The van der Waals surface area contributed by atoms with Crippen LogP contribution in [0.15, 0.2) is 84.9 Å². The van der Waals surface area contributed by atoms with Crippen LogP contribution in [0, 0.1) is 5.92 Å². The van der Waals surface area contributed by atoms with Gasteiger partial charge in [0.2, 0.25) is 17.7 Å². The predicted molar refractivity (Wildman–Crippen MR) is 131 cm³/mol. The molecule has 1 fully saturated rings. The Balaban J connectivity index is 1.52. The minimum absolute atomic E-state index is 0.0645. The Bertz CT molecular complexity index is 1130. The second kappa shape index (κ2) is 10.8. The van der Waals surface area contributed by atoms with Gasteiger partial charge < -0.3 is 15.5 Å². The highest BCUT2D eigenvalue weighted by Crippen LogP contribution is 2.38. The molecule has 0 spiro atoms. The first-order valence-corrected chi connectivity index (χ1v) is 11.5. The number of nitrogens with zero attached hydrogens (tertiary/aromatic N) is 1. The number of amides is 3. The molecule has 3 aromatic carbocycles. The van der Waals surface area contributed by atoms with Gasteiger partial charge in [0.25, 0.3) is 0 Å². The van der Waals surface area contributed by atoms with Gasteiger partial charge in [-0.1, -0.05) is 72.8 Å². The van der Waals surface area contributed by atoms with E-state index in [9.17, 15) is 14.4 Å². The lowest BCUT2D eigenvalue weighted by Gasteiger charge is -2.41. The lowest BCUT2D eigenvalue weighted by Crippen LogP contribution is -2.47. The number of anilines is 1. The number of nitrogens with one attached hydrogen (secondary N) is 2. The van der Waals surface area contributed by atoms with Crippen LogP contribution in [0.1, 0.15) is 42.5 Å². The van der Waals surface area contributed by atoms with Gasteiger partial charge in [-0.3, -0.25) is 14.4 Å². The average molecular weight is 456 g/mol. The average Bonchev–Trinajstić information content (AvgIpc) is 2.85. The van der Waals surface area contributed by atoms with E-state index in [1.54, 1.807) is 0 Å². The van der Waals surface area contributed by atoms with Crippen LogP contribution in [0.5, 0.6) is 0 Å². The fraction of sp³-hybridized carbons (Fsp3) is 0.250. The smallest absolute Gasteiger partial charge is 0.225 e. The van der Waals surface area contributed by atoms with Gasteiger partial charge in [0, 0.05) is 32.1 Å². The molecular weight excluding hydrogens is 426 g/mol. The summed E-state index contributed by atoms with van der Waals surface area (Å²) in [4.78, 5) is 39.4. The minimum Gasteiger partial charge on any atom is -0.352 e. The van der Waals surface area contributed by atoms with Crippen molar-refractivity contribution in [1.29, 1.82) is 0 Å². The van der Waals surface area contributed by atoms with Gasteiger partial charge in [-0.25, -0.2) is 0 Å². The summed E-state index contributed by atoms with van der Waals surface area (Å²) in [6, 6.07) is 26.8. The number of hydrogen-bond acceptors (Lipinski definition) is 3. The van der Waals surface area contributed by atoms with Gasteiger partial charge >= 0.3 is 0 Å². The Kier molecular flexibility index (Phi) is 7.38. The van der Waals surface area contributed by atoms with Gasteiger partial charge in [-0.15, -0.1) is 0 Å². The Hall–Kier alpha value is -3.93. The molecule has 6 nitrogen and oxygen atoms in total. The molecule has 0 saturated carbocycles. The van der Waals surface area contributed by atoms with E-state index in [1.807, 2.05) is 89.8 Å². The maximum atomic E-state index is 13.4. The molecule has 34 heavy (non-hydrogen) atoms. The normalized spacial score (nSPS) is 17.8. The molecule has 2 N–H and O–H groups in total. The van der Waals surface area contributed by atoms with E-state index in [4.69, 9.17) is 0 Å². The van der Waals surface area contributed by atoms with Crippen LogP contribution in [0.2, 0.25) is 0 Å². The fourth-order valence-corrected chi connectivity index (χ4v) is 4.49. The topological polar surface area (TPSA) is 78.5 Å². The molecule has 1 aliphatic heterocycles. The van der Waals surface area contributed by atoms with Crippen LogP contribution in [0.3, 0.4) is 0 Å². The summed E-state index contributed by atoms with van der Waals surface area (Å²) >= 11 is 0. The molecule has 3 aromatic rings.